The van der Waals surface area contributed by atoms with Crippen LogP contribution >= 0.6 is 11.8 Å². The molecule has 2 aliphatic rings. The smallest absolute Gasteiger partial charge is 0.0715 e. The fourth-order valence-electron chi connectivity index (χ4n) is 5.89. The number of benzene rings is 3. The van der Waals surface area contributed by atoms with Gasteiger partial charge in [0.15, 0.2) is 0 Å². The number of anilines is 3. The number of hydrogen-bond acceptors (Lipinski definition) is 3. The number of para-hydroxylation sites is 2. The Morgan fingerprint density at radius 2 is 1.80 bits per heavy atom. The van der Waals surface area contributed by atoms with Crippen LogP contribution in [0.3, 0.4) is 0 Å². The van der Waals surface area contributed by atoms with E-state index in [4.69, 9.17) is 0 Å². The first kappa shape index (κ1) is 31.0. The Morgan fingerprint density at radius 1 is 1.00 bits per heavy atom. The molecule has 1 unspecified atom stereocenters. The summed E-state index contributed by atoms with van der Waals surface area (Å²) in [7, 11) is 0. The van der Waals surface area contributed by atoms with E-state index in [0.29, 0.717) is 0 Å². The van der Waals surface area contributed by atoms with Crippen molar-refractivity contribution in [1.29, 1.82) is 0 Å². The Kier molecular flexibility index (Phi) is 10.1. The molecule has 1 aliphatic heterocycles. The fourth-order valence-corrected chi connectivity index (χ4v) is 6.92. The van der Waals surface area contributed by atoms with Gasteiger partial charge in [-0.1, -0.05) is 98.2 Å². The average molecular weight is 595 g/mol. The first-order valence-electron chi connectivity index (χ1n) is 15.3. The van der Waals surface area contributed by atoms with Gasteiger partial charge < -0.3 is 9.80 Å². The molecule has 5 rings (SSSR count). The van der Waals surface area contributed by atoms with E-state index in [-0.39, 0.29) is 6.04 Å². The molecular formula is C41H42N2S. The second-order valence-electron chi connectivity index (χ2n) is 11.1. The molecule has 0 radical (unpaired) electrons. The van der Waals surface area contributed by atoms with E-state index in [2.05, 4.69) is 166 Å². The van der Waals surface area contributed by atoms with Crippen LogP contribution in [0.2, 0.25) is 0 Å². The van der Waals surface area contributed by atoms with E-state index in [0.717, 1.165) is 46.8 Å². The van der Waals surface area contributed by atoms with Gasteiger partial charge in [0.2, 0.25) is 0 Å². The van der Waals surface area contributed by atoms with Crippen LogP contribution in [0.15, 0.2) is 157 Å². The Labute approximate surface area is 268 Å². The molecule has 0 spiro atoms. The van der Waals surface area contributed by atoms with Crippen molar-refractivity contribution < 1.29 is 0 Å². The summed E-state index contributed by atoms with van der Waals surface area (Å²) >= 11 is 1.85. The summed E-state index contributed by atoms with van der Waals surface area (Å²) in [6.07, 6.45) is 21.3. The number of nitrogens with zero attached hydrogens (tertiary/aromatic N) is 2. The third kappa shape index (κ3) is 6.69. The molecule has 222 valence electrons. The molecule has 1 aliphatic carbocycles. The molecule has 0 fully saturated rings. The van der Waals surface area contributed by atoms with Gasteiger partial charge >= 0.3 is 0 Å². The molecule has 3 aromatic carbocycles. The number of fused-ring (bicyclic) bond motifs is 3. The van der Waals surface area contributed by atoms with Gasteiger partial charge in [0, 0.05) is 44.7 Å². The maximum atomic E-state index is 4.46. The van der Waals surface area contributed by atoms with Gasteiger partial charge in [0.25, 0.3) is 0 Å². The third-order valence-corrected chi connectivity index (χ3v) is 9.00. The molecule has 0 amide bonds. The number of rotatable bonds is 12. The second kappa shape index (κ2) is 14.3. The van der Waals surface area contributed by atoms with Crippen LogP contribution in [0.5, 0.6) is 0 Å². The van der Waals surface area contributed by atoms with Crippen molar-refractivity contribution in [3.63, 3.8) is 0 Å². The third-order valence-electron chi connectivity index (χ3n) is 8.00. The minimum Gasteiger partial charge on any atom is -0.335 e. The highest BCUT2D eigenvalue weighted by Crippen LogP contribution is 2.40. The van der Waals surface area contributed by atoms with Crippen molar-refractivity contribution in [3.8, 4) is 0 Å². The van der Waals surface area contributed by atoms with Crippen molar-refractivity contribution in [3.05, 3.63) is 169 Å². The van der Waals surface area contributed by atoms with E-state index in [1.165, 1.54) is 33.0 Å². The second-order valence-corrected chi connectivity index (χ2v) is 12.2. The SMILES string of the molecule is C=CCC(=C)c1cc(N(C(=C)C)c2ccccc2C/C=C\C)ccc1SC/C=C(\C)N1c2ccccc2C2=CC1C=CC=C2. The molecule has 0 saturated carbocycles. The van der Waals surface area contributed by atoms with Gasteiger partial charge in [-0.25, -0.2) is 0 Å². The van der Waals surface area contributed by atoms with Crippen LogP contribution in [-0.2, 0) is 6.42 Å². The standard InChI is InChI=1S/C41H42N2S/c1-7-9-17-33-18-11-14-22-39(33)42(30(3)4)36-24-25-41(38(29-36)31(5)16-8-2)44-27-26-32(6)43-35-20-12-10-19-34(28-35)37-21-13-15-23-40(37)43/h7-15,18-26,28-29,35H,2-3,5,16-17,27H2,1,4,6H3/b9-7-,32-26+. The van der Waals surface area contributed by atoms with Crippen molar-refractivity contribution >= 4 is 40.0 Å². The lowest BCUT2D eigenvalue weighted by Gasteiger charge is -2.36. The van der Waals surface area contributed by atoms with Gasteiger partial charge in [-0.05, 0) is 92.3 Å². The van der Waals surface area contributed by atoms with Gasteiger partial charge in [-0.2, -0.15) is 0 Å². The maximum Gasteiger partial charge on any atom is 0.0715 e. The van der Waals surface area contributed by atoms with E-state index in [1.54, 1.807) is 0 Å². The zero-order valence-electron chi connectivity index (χ0n) is 26.2. The molecule has 1 atom stereocenters. The van der Waals surface area contributed by atoms with Crippen LogP contribution in [-0.4, -0.2) is 11.8 Å². The molecule has 2 nitrogen and oxygen atoms in total. The molecule has 0 N–H and O–H groups in total. The Morgan fingerprint density at radius 3 is 2.59 bits per heavy atom. The lowest BCUT2D eigenvalue weighted by Crippen LogP contribution is -2.34. The largest absolute Gasteiger partial charge is 0.335 e. The predicted octanol–water partition coefficient (Wildman–Crippen LogP) is 11.5. The quantitative estimate of drug-likeness (QED) is 0.152. The topological polar surface area (TPSA) is 6.48 Å². The number of thioether (sulfide) groups is 1. The zero-order chi connectivity index (χ0) is 31.1. The molecule has 0 saturated heterocycles. The molecular weight excluding hydrogens is 553 g/mol. The predicted molar refractivity (Wildman–Crippen MR) is 196 cm³/mol. The lowest BCUT2D eigenvalue weighted by atomic mass is 9.95. The van der Waals surface area contributed by atoms with E-state index < -0.39 is 0 Å². The summed E-state index contributed by atoms with van der Waals surface area (Å²) < 4.78 is 0. The highest BCUT2D eigenvalue weighted by molar-refractivity contribution is 7.99. The van der Waals surface area contributed by atoms with Gasteiger partial charge in [0.1, 0.15) is 0 Å². The highest BCUT2D eigenvalue weighted by atomic mass is 32.2. The summed E-state index contributed by atoms with van der Waals surface area (Å²) in [5, 5.41) is 0. The monoisotopic (exact) mass is 594 g/mol. The van der Waals surface area contributed by atoms with Gasteiger partial charge in [0.05, 0.1) is 6.04 Å². The molecule has 44 heavy (non-hydrogen) atoms. The zero-order valence-corrected chi connectivity index (χ0v) is 27.0. The summed E-state index contributed by atoms with van der Waals surface area (Å²) in [5.41, 5.74) is 11.7. The van der Waals surface area contributed by atoms with Crippen LogP contribution < -0.4 is 9.80 Å². The van der Waals surface area contributed by atoms with Crippen LogP contribution in [0.4, 0.5) is 17.1 Å². The summed E-state index contributed by atoms with van der Waals surface area (Å²) in [5.74, 6) is 0.847. The molecule has 2 bridgehead atoms. The molecule has 0 aromatic heterocycles. The van der Waals surface area contributed by atoms with Crippen molar-refractivity contribution in [2.24, 2.45) is 0 Å². The first-order valence-corrected chi connectivity index (χ1v) is 16.2. The Balaban J connectivity index is 1.44. The first-order chi connectivity index (χ1) is 21.4. The molecule has 3 aromatic rings. The van der Waals surface area contributed by atoms with Crippen molar-refractivity contribution in [2.45, 2.75) is 44.6 Å². The van der Waals surface area contributed by atoms with Crippen molar-refractivity contribution in [2.75, 3.05) is 15.6 Å². The number of hydrogen-bond donors (Lipinski definition) is 0. The van der Waals surface area contributed by atoms with Crippen molar-refractivity contribution in [1.82, 2.24) is 0 Å². The van der Waals surface area contributed by atoms with E-state index in [9.17, 15) is 0 Å². The van der Waals surface area contributed by atoms with Crippen LogP contribution in [0.25, 0.3) is 11.1 Å². The number of allylic oxidation sites excluding steroid dienone is 10. The summed E-state index contributed by atoms with van der Waals surface area (Å²) in [6.45, 7) is 19.2. The normalized spacial score (nSPS) is 15.5. The lowest BCUT2D eigenvalue weighted by molar-refractivity contribution is 0.874. The van der Waals surface area contributed by atoms with E-state index in [1.807, 2.05) is 17.8 Å². The minimum atomic E-state index is 0.196. The average Bonchev–Trinajstić information content (AvgIpc) is 3.24. The Hall–Kier alpha value is -4.47. The van der Waals surface area contributed by atoms with E-state index >= 15 is 0 Å². The highest BCUT2D eigenvalue weighted by Gasteiger charge is 2.26. The fraction of sp³-hybridized carbons (Fsp3) is 0.171. The van der Waals surface area contributed by atoms with Gasteiger partial charge in [-0.3, -0.25) is 0 Å². The summed E-state index contributed by atoms with van der Waals surface area (Å²) in [6, 6.07) is 24.2. The molecule has 3 heteroatoms. The molecule has 1 heterocycles. The van der Waals surface area contributed by atoms with Crippen LogP contribution in [0, 0.1) is 0 Å². The Bertz CT molecular complexity index is 1710. The minimum absolute atomic E-state index is 0.196. The van der Waals surface area contributed by atoms with Crippen LogP contribution in [0.1, 0.15) is 43.9 Å². The summed E-state index contributed by atoms with van der Waals surface area (Å²) in [4.78, 5) is 5.92. The van der Waals surface area contributed by atoms with Gasteiger partial charge in [-0.15, -0.1) is 18.3 Å². The maximum absolute atomic E-state index is 4.46.